The molecule has 0 aromatic carbocycles. The number of fused-ring (bicyclic) bond motifs is 1. The number of carbonyl (C=O) groups is 1. The Balaban J connectivity index is 1.93. The van der Waals surface area contributed by atoms with E-state index in [9.17, 15) is 13.2 Å². The van der Waals surface area contributed by atoms with Gasteiger partial charge in [0.15, 0.2) is 9.84 Å². The van der Waals surface area contributed by atoms with E-state index in [1.165, 1.54) is 0 Å². The highest BCUT2D eigenvalue weighted by Gasteiger charge is 2.32. The highest BCUT2D eigenvalue weighted by atomic mass is 32.2. The summed E-state index contributed by atoms with van der Waals surface area (Å²) in [7, 11) is -3.28. The second-order valence-corrected chi connectivity index (χ2v) is 8.55. The first-order valence-corrected chi connectivity index (χ1v) is 8.82. The lowest BCUT2D eigenvalue weighted by Crippen LogP contribution is -2.38. The smallest absolute Gasteiger partial charge is 0.237 e. The molecule has 2 rings (SSSR count). The van der Waals surface area contributed by atoms with E-state index in [0.29, 0.717) is 24.9 Å². The molecule has 2 fully saturated rings. The summed E-state index contributed by atoms with van der Waals surface area (Å²) in [5, 5.41) is 2.91. The van der Waals surface area contributed by atoms with Gasteiger partial charge in [0.2, 0.25) is 5.91 Å². The van der Waals surface area contributed by atoms with Gasteiger partial charge in [-0.1, -0.05) is 0 Å². The van der Waals surface area contributed by atoms with E-state index in [0.717, 1.165) is 25.9 Å². The molecule has 2 aliphatic rings. The Hall–Kier alpha value is -0.620. The summed E-state index contributed by atoms with van der Waals surface area (Å²) in [5.74, 6) is 0.749. The molecule has 110 valence electrons. The summed E-state index contributed by atoms with van der Waals surface area (Å²) in [4.78, 5) is 13.9. The lowest BCUT2D eigenvalue weighted by atomic mass is 9.92. The van der Waals surface area contributed by atoms with Crippen molar-refractivity contribution in [1.82, 2.24) is 10.2 Å². The van der Waals surface area contributed by atoms with E-state index in [-0.39, 0.29) is 11.7 Å². The van der Waals surface area contributed by atoms with Gasteiger partial charge in [0.05, 0.1) is 5.25 Å². The largest absolute Gasteiger partial charge is 0.342 e. The molecule has 0 aliphatic carbocycles. The lowest BCUT2D eigenvalue weighted by molar-refractivity contribution is -0.128. The summed E-state index contributed by atoms with van der Waals surface area (Å²) in [5.41, 5.74) is 0. The third kappa shape index (κ3) is 3.48. The first-order valence-electron chi connectivity index (χ1n) is 7.10. The second-order valence-electron chi connectivity index (χ2n) is 5.99. The number of hydrogen-bond acceptors (Lipinski definition) is 4. The van der Waals surface area contributed by atoms with Crippen LogP contribution in [0.3, 0.4) is 0 Å². The molecule has 5 nitrogen and oxygen atoms in total. The Labute approximate surface area is 115 Å². The van der Waals surface area contributed by atoms with Gasteiger partial charge in [0.1, 0.15) is 5.75 Å². The second kappa shape index (κ2) is 5.79. The van der Waals surface area contributed by atoms with Gasteiger partial charge in [-0.15, -0.1) is 0 Å². The molecule has 0 aromatic heterocycles. The van der Waals surface area contributed by atoms with E-state index >= 15 is 0 Å². The number of nitrogens with zero attached hydrogens (tertiary/aromatic N) is 1. The summed E-state index contributed by atoms with van der Waals surface area (Å²) < 4.78 is 23.6. The van der Waals surface area contributed by atoms with Crippen molar-refractivity contribution in [3.8, 4) is 0 Å². The van der Waals surface area contributed by atoms with Gasteiger partial charge in [-0.2, -0.15) is 0 Å². The average molecular weight is 288 g/mol. The van der Waals surface area contributed by atoms with Crippen LogP contribution in [0.25, 0.3) is 0 Å². The van der Waals surface area contributed by atoms with Gasteiger partial charge < -0.3 is 10.2 Å². The molecular weight excluding hydrogens is 264 g/mol. The standard InChI is InChI=1S/C13H24N2O3S/c1-10(2)19(17,18)9-13(16)15-5-3-11-7-14-8-12(11)4-6-15/h10-12,14H,3-9H2,1-2H3/t11-,12+. The normalized spacial score (nSPS) is 28.3. The van der Waals surface area contributed by atoms with Crippen molar-refractivity contribution in [2.75, 3.05) is 31.9 Å². The summed E-state index contributed by atoms with van der Waals surface area (Å²) >= 11 is 0. The first kappa shape index (κ1) is 14.8. The Morgan fingerprint density at radius 1 is 1.21 bits per heavy atom. The van der Waals surface area contributed by atoms with Crippen LogP contribution in [-0.4, -0.2) is 56.4 Å². The van der Waals surface area contributed by atoms with E-state index in [1.54, 1.807) is 18.7 Å². The summed E-state index contributed by atoms with van der Waals surface area (Å²) in [6, 6.07) is 0. The SMILES string of the molecule is CC(C)S(=O)(=O)CC(=O)N1CC[C@@H]2CNC[C@@H]2CC1. The molecule has 0 spiro atoms. The van der Waals surface area contributed by atoms with Crippen molar-refractivity contribution in [2.45, 2.75) is 31.9 Å². The van der Waals surface area contributed by atoms with Gasteiger partial charge >= 0.3 is 0 Å². The zero-order valence-electron chi connectivity index (χ0n) is 11.8. The third-order valence-corrected chi connectivity index (χ3v) is 6.50. The van der Waals surface area contributed by atoms with Crippen LogP contribution in [0.1, 0.15) is 26.7 Å². The predicted octanol–water partition coefficient (Wildman–Crippen LogP) is 0.268. The predicted molar refractivity (Wildman–Crippen MR) is 74.6 cm³/mol. The third-order valence-electron chi connectivity index (χ3n) is 4.41. The van der Waals surface area contributed by atoms with E-state index < -0.39 is 15.1 Å². The van der Waals surface area contributed by atoms with E-state index in [2.05, 4.69) is 5.32 Å². The number of nitrogens with one attached hydrogen (secondary N) is 1. The Kier molecular flexibility index (Phi) is 4.50. The quantitative estimate of drug-likeness (QED) is 0.809. The van der Waals surface area contributed by atoms with Crippen LogP contribution in [0.4, 0.5) is 0 Å². The van der Waals surface area contributed by atoms with Crippen LogP contribution in [0.5, 0.6) is 0 Å². The van der Waals surface area contributed by atoms with E-state index in [4.69, 9.17) is 0 Å². The molecule has 2 heterocycles. The Morgan fingerprint density at radius 3 is 2.21 bits per heavy atom. The fourth-order valence-corrected chi connectivity index (χ4v) is 3.76. The van der Waals surface area contributed by atoms with Gasteiger partial charge in [0, 0.05) is 13.1 Å². The van der Waals surface area contributed by atoms with Crippen molar-refractivity contribution < 1.29 is 13.2 Å². The maximum atomic E-state index is 12.1. The zero-order valence-corrected chi connectivity index (χ0v) is 12.6. The highest BCUT2D eigenvalue weighted by Crippen LogP contribution is 2.27. The number of hydrogen-bond donors (Lipinski definition) is 1. The molecule has 0 saturated carbocycles. The number of sulfone groups is 1. The zero-order chi connectivity index (χ0) is 14.0. The van der Waals surface area contributed by atoms with Gasteiger partial charge in [-0.05, 0) is 51.6 Å². The molecular formula is C13H24N2O3S. The number of likely N-dealkylation sites (tertiary alicyclic amines) is 1. The van der Waals surface area contributed by atoms with Crippen LogP contribution in [0.15, 0.2) is 0 Å². The van der Waals surface area contributed by atoms with Crippen LogP contribution in [0.2, 0.25) is 0 Å². The molecule has 0 radical (unpaired) electrons. The number of amides is 1. The molecule has 1 N–H and O–H groups in total. The lowest BCUT2D eigenvalue weighted by Gasteiger charge is -2.21. The maximum absolute atomic E-state index is 12.1. The van der Waals surface area contributed by atoms with Gasteiger partial charge in [0.25, 0.3) is 0 Å². The molecule has 19 heavy (non-hydrogen) atoms. The fraction of sp³-hybridized carbons (Fsp3) is 0.923. The maximum Gasteiger partial charge on any atom is 0.237 e. The minimum atomic E-state index is -3.28. The van der Waals surface area contributed by atoms with Gasteiger partial charge in [-0.25, -0.2) is 8.42 Å². The van der Waals surface area contributed by atoms with Crippen molar-refractivity contribution >= 4 is 15.7 Å². The fourth-order valence-electron chi connectivity index (χ4n) is 2.90. The molecule has 0 unspecified atom stereocenters. The van der Waals surface area contributed by atoms with Crippen molar-refractivity contribution in [1.29, 1.82) is 0 Å². The number of rotatable bonds is 3. The molecule has 2 atom stereocenters. The first-order chi connectivity index (χ1) is 8.90. The van der Waals surface area contributed by atoms with Crippen molar-refractivity contribution in [3.63, 3.8) is 0 Å². The molecule has 0 bridgehead atoms. The Morgan fingerprint density at radius 2 is 1.74 bits per heavy atom. The molecule has 6 heteroatoms. The van der Waals surface area contributed by atoms with Crippen LogP contribution < -0.4 is 5.32 Å². The Bertz CT molecular complexity index is 419. The molecule has 2 saturated heterocycles. The van der Waals surface area contributed by atoms with Crippen LogP contribution >= 0.6 is 0 Å². The van der Waals surface area contributed by atoms with Crippen LogP contribution in [-0.2, 0) is 14.6 Å². The number of carbonyl (C=O) groups excluding carboxylic acids is 1. The highest BCUT2D eigenvalue weighted by molar-refractivity contribution is 7.92. The van der Waals surface area contributed by atoms with Crippen molar-refractivity contribution in [3.05, 3.63) is 0 Å². The molecule has 0 aromatic rings. The summed E-state index contributed by atoms with van der Waals surface area (Å²) in [6.07, 6.45) is 1.98. The van der Waals surface area contributed by atoms with Crippen molar-refractivity contribution in [2.24, 2.45) is 11.8 Å². The monoisotopic (exact) mass is 288 g/mol. The minimum absolute atomic E-state index is 0.221. The minimum Gasteiger partial charge on any atom is -0.342 e. The molecule has 2 aliphatic heterocycles. The topological polar surface area (TPSA) is 66.5 Å². The average Bonchev–Trinajstić information content (AvgIpc) is 2.67. The molecule has 1 amide bonds. The van der Waals surface area contributed by atoms with Gasteiger partial charge in [-0.3, -0.25) is 4.79 Å². The van der Waals surface area contributed by atoms with E-state index in [1.807, 2.05) is 0 Å². The summed E-state index contributed by atoms with van der Waals surface area (Å²) in [6.45, 7) is 6.74. The van der Waals surface area contributed by atoms with Crippen LogP contribution in [0, 0.1) is 11.8 Å².